The molecule has 0 saturated heterocycles. The predicted octanol–water partition coefficient (Wildman–Crippen LogP) is 2.47. The van der Waals surface area contributed by atoms with Crippen LogP contribution in [0.4, 0.5) is 0 Å². The molecule has 12 heavy (non-hydrogen) atoms. The molecule has 0 fully saturated rings. The topological polar surface area (TPSA) is 37.3 Å². The first-order valence-electron chi connectivity index (χ1n) is 3.28. The van der Waals surface area contributed by atoms with E-state index in [1.807, 2.05) is 0 Å². The van der Waals surface area contributed by atoms with Gasteiger partial charge in [0.05, 0.1) is 10.6 Å². The quantitative estimate of drug-likeness (QED) is 0.723. The molecule has 0 heterocycles. The van der Waals surface area contributed by atoms with Crippen LogP contribution in [0.5, 0.6) is 0 Å². The minimum Gasteiger partial charge on any atom is -0.478 e. The van der Waals surface area contributed by atoms with E-state index in [9.17, 15) is 4.79 Å². The lowest BCUT2D eigenvalue weighted by Crippen LogP contribution is -1.98. The fourth-order valence-electron chi connectivity index (χ4n) is 0.867. The van der Waals surface area contributed by atoms with Crippen LogP contribution in [-0.4, -0.2) is 11.1 Å². The summed E-state index contributed by atoms with van der Waals surface area (Å²) in [7, 11) is 0. The van der Waals surface area contributed by atoms with Gasteiger partial charge < -0.3 is 5.11 Å². The number of thiol groups is 1. The average Bonchev–Trinajstić information content (AvgIpc) is 2.04. The summed E-state index contributed by atoms with van der Waals surface area (Å²) in [5, 5.41) is 8.95. The van der Waals surface area contributed by atoms with E-state index in [1.54, 1.807) is 12.1 Å². The first-order valence-corrected chi connectivity index (χ1v) is 4.29. The SMILES string of the molecule is O=C(O)c1cccc(CS)c1Cl. The number of benzene rings is 1. The highest BCUT2D eigenvalue weighted by Crippen LogP contribution is 2.22. The molecule has 4 heteroatoms. The summed E-state index contributed by atoms with van der Waals surface area (Å²) in [6.45, 7) is 0. The zero-order valence-electron chi connectivity index (χ0n) is 6.12. The molecular formula is C8H7ClO2S. The van der Waals surface area contributed by atoms with Crippen LogP contribution in [0.15, 0.2) is 18.2 Å². The normalized spacial score (nSPS) is 9.83. The predicted molar refractivity (Wildman–Crippen MR) is 51.1 cm³/mol. The molecule has 1 N–H and O–H groups in total. The lowest BCUT2D eigenvalue weighted by atomic mass is 10.1. The Hall–Kier alpha value is -0.670. The van der Waals surface area contributed by atoms with E-state index in [-0.39, 0.29) is 10.6 Å². The lowest BCUT2D eigenvalue weighted by Gasteiger charge is -2.02. The van der Waals surface area contributed by atoms with Gasteiger partial charge >= 0.3 is 5.97 Å². The number of carboxylic acid groups (broad SMARTS) is 1. The highest BCUT2D eigenvalue weighted by molar-refractivity contribution is 7.79. The van der Waals surface area contributed by atoms with Crippen LogP contribution >= 0.6 is 24.2 Å². The van der Waals surface area contributed by atoms with Crippen molar-refractivity contribution in [1.82, 2.24) is 0 Å². The van der Waals surface area contributed by atoms with Gasteiger partial charge in [0.2, 0.25) is 0 Å². The van der Waals surface area contributed by atoms with Crippen LogP contribution in [-0.2, 0) is 5.75 Å². The maximum absolute atomic E-state index is 10.6. The molecule has 0 aliphatic carbocycles. The number of hydrogen-bond acceptors (Lipinski definition) is 2. The third-order valence-electron chi connectivity index (χ3n) is 1.48. The van der Waals surface area contributed by atoms with Crippen LogP contribution in [0.2, 0.25) is 5.02 Å². The maximum atomic E-state index is 10.6. The number of aromatic carboxylic acids is 1. The van der Waals surface area contributed by atoms with Crippen LogP contribution < -0.4 is 0 Å². The summed E-state index contributed by atoms with van der Waals surface area (Å²) in [4.78, 5) is 10.6. The number of halogens is 1. The van der Waals surface area contributed by atoms with Gasteiger partial charge in [-0.25, -0.2) is 4.79 Å². The van der Waals surface area contributed by atoms with E-state index >= 15 is 0 Å². The van der Waals surface area contributed by atoms with Crippen molar-refractivity contribution in [1.29, 1.82) is 0 Å². The van der Waals surface area contributed by atoms with Crippen molar-refractivity contribution in [2.45, 2.75) is 5.75 Å². The molecule has 1 rings (SSSR count). The molecule has 0 bridgehead atoms. The first-order chi connectivity index (χ1) is 5.66. The van der Waals surface area contributed by atoms with Crippen LogP contribution in [0.3, 0.4) is 0 Å². The second-order valence-electron chi connectivity index (χ2n) is 2.24. The number of rotatable bonds is 2. The molecule has 1 aromatic carbocycles. The van der Waals surface area contributed by atoms with Gasteiger partial charge in [0, 0.05) is 5.75 Å². The van der Waals surface area contributed by atoms with E-state index < -0.39 is 5.97 Å². The van der Waals surface area contributed by atoms with Crippen LogP contribution in [0, 0.1) is 0 Å². The Morgan fingerprint density at radius 1 is 1.58 bits per heavy atom. The fraction of sp³-hybridized carbons (Fsp3) is 0.125. The monoisotopic (exact) mass is 202 g/mol. The minimum absolute atomic E-state index is 0.128. The van der Waals surface area contributed by atoms with Crippen molar-refractivity contribution in [3.05, 3.63) is 34.3 Å². The molecule has 0 saturated carbocycles. The number of carboxylic acids is 1. The Labute approximate surface area is 80.6 Å². The van der Waals surface area contributed by atoms with Gasteiger partial charge in [-0.3, -0.25) is 0 Å². The van der Waals surface area contributed by atoms with Crippen molar-refractivity contribution in [2.24, 2.45) is 0 Å². The molecule has 0 radical (unpaired) electrons. The second-order valence-corrected chi connectivity index (χ2v) is 2.94. The van der Waals surface area contributed by atoms with E-state index in [0.717, 1.165) is 5.56 Å². The zero-order valence-corrected chi connectivity index (χ0v) is 7.77. The highest BCUT2D eigenvalue weighted by Gasteiger charge is 2.10. The van der Waals surface area contributed by atoms with Crippen molar-refractivity contribution >= 4 is 30.2 Å². The summed E-state index contributed by atoms with van der Waals surface area (Å²) in [6, 6.07) is 4.88. The van der Waals surface area contributed by atoms with Crippen molar-refractivity contribution < 1.29 is 9.90 Å². The third-order valence-corrected chi connectivity index (χ3v) is 2.27. The number of hydrogen-bond donors (Lipinski definition) is 2. The molecular weight excluding hydrogens is 196 g/mol. The van der Waals surface area contributed by atoms with E-state index in [2.05, 4.69) is 12.6 Å². The van der Waals surface area contributed by atoms with Gasteiger partial charge in [-0.15, -0.1) is 0 Å². The van der Waals surface area contributed by atoms with Gasteiger partial charge in [0.1, 0.15) is 0 Å². The summed E-state index contributed by atoms with van der Waals surface area (Å²) in [6.07, 6.45) is 0. The van der Waals surface area contributed by atoms with Crippen molar-refractivity contribution in [2.75, 3.05) is 0 Å². The van der Waals surface area contributed by atoms with Crippen LogP contribution in [0.1, 0.15) is 15.9 Å². The molecule has 64 valence electrons. The molecule has 0 atom stereocenters. The summed E-state index contributed by atoms with van der Waals surface area (Å²) in [5.74, 6) is -0.566. The minimum atomic E-state index is -1.01. The van der Waals surface area contributed by atoms with Gasteiger partial charge in [0.25, 0.3) is 0 Å². The highest BCUT2D eigenvalue weighted by atomic mass is 35.5. The zero-order chi connectivity index (χ0) is 9.14. The maximum Gasteiger partial charge on any atom is 0.337 e. The molecule has 1 aromatic rings. The second kappa shape index (κ2) is 3.83. The molecule has 0 amide bonds. The molecule has 0 aliphatic heterocycles. The summed E-state index contributed by atoms with van der Waals surface area (Å²) in [5.41, 5.74) is 0.864. The van der Waals surface area contributed by atoms with Gasteiger partial charge in [-0.05, 0) is 11.6 Å². The van der Waals surface area contributed by atoms with Gasteiger partial charge in [0.15, 0.2) is 0 Å². The summed E-state index contributed by atoms with van der Waals surface area (Å²) < 4.78 is 0. The summed E-state index contributed by atoms with van der Waals surface area (Å²) >= 11 is 9.79. The Morgan fingerprint density at radius 2 is 2.25 bits per heavy atom. The van der Waals surface area contributed by atoms with Crippen molar-refractivity contribution in [3.8, 4) is 0 Å². The standard InChI is InChI=1S/C8H7ClO2S/c9-7-5(4-12)2-1-3-6(7)8(10)11/h1-3,12H,4H2,(H,10,11). The number of carbonyl (C=O) groups is 1. The van der Waals surface area contributed by atoms with E-state index in [1.165, 1.54) is 6.07 Å². The Bertz CT molecular complexity index is 312. The van der Waals surface area contributed by atoms with Gasteiger partial charge in [-0.2, -0.15) is 12.6 Å². The third kappa shape index (κ3) is 1.73. The molecule has 0 aromatic heterocycles. The largest absolute Gasteiger partial charge is 0.478 e. The van der Waals surface area contributed by atoms with Crippen LogP contribution in [0.25, 0.3) is 0 Å². The first kappa shape index (κ1) is 9.42. The fourth-order valence-corrected chi connectivity index (χ4v) is 1.50. The van der Waals surface area contributed by atoms with E-state index in [0.29, 0.717) is 5.75 Å². The van der Waals surface area contributed by atoms with E-state index in [4.69, 9.17) is 16.7 Å². The lowest BCUT2D eigenvalue weighted by molar-refractivity contribution is 0.0697. The Morgan fingerprint density at radius 3 is 2.75 bits per heavy atom. The average molecular weight is 203 g/mol. The Kier molecular flexibility index (Phi) is 3.00. The molecule has 0 spiro atoms. The molecule has 0 unspecified atom stereocenters. The molecule has 0 aliphatic rings. The van der Waals surface area contributed by atoms with Gasteiger partial charge in [-0.1, -0.05) is 23.7 Å². The Balaban J connectivity index is 3.23. The molecule has 2 nitrogen and oxygen atoms in total. The smallest absolute Gasteiger partial charge is 0.337 e. The van der Waals surface area contributed by atoms with Crippen molar-refractivity contribution in [3.63, 3.8) is 0 Å².